The molecule has 0 saturated heterocycles. The van der Waals surface area contributed by atoms with Gasteiger partial charge in [-0.1, -0.05) is 35.5 Å². The Morgan fingerprint density at radius 2 is 2.23 bits per heavy atom. The van der Waals surface area contributed by atoms with Gasteiger partial charge in [-0.05, 0) is 48.9 Å². The van der Waals surface area contributed by atoms with Gasteiger partial charge in [-0.15, -0.1) is 11.3 Å². The van der Waals surface area contributed by atoms with E-state index in [9.17, 15) is 14.9 Å². The number of Topliss-reactive ketones (excluding diaryl/α,β-unsaturated/α-hetero) is 1. The predicted octanol–water partition coefficient (Wildman–Crippen LogP) is 5.51. The van der Waals surface area contributed by atoms with E-state index in [4.69, 9.17) is 11.6 Å². The number of anilines is 1. The van der Waals surface area contributed by atoms with E-state index in [0.717, 1.165) is 29.0 Å². The van der Waals surface area contributed by atoms with Crippen molar-refractivity contribution in [3.8, 4) is 6.07 Å². The van der Waals surface area contributed by atoms with E-state index in [2.05, 4.69) is 16.7 Å². The Morgan fingerprint density at radius 3 is 2.97 bits per heavy atom. The average molecular weight is 470 g/mol. The van der Waals surface area contributed by atoms with Gasteiger partial charge in [-0.2, -0.15) is 5.26 Å². The lowest BCUT2D eigenvalue weighted by Crippen LogP contribution is -2.31. The molecule has 1 aromatic heterocycles. The number of ketones is 1. The maximum absolute atomic E-state index is 12.7. The van der Waals surface area contributed by atoms with E-state index in [1.807, 2.05) is 30.5 Å². The lowest BCUT2D eigenvalue weighted by atomic mass is 9.79. The van der Waals surface area contributed by atoms with Crippen molar-refractivity contribution in [1.82, 2.24) is 5.32 Å². The van der Waals surface area contributed by atoms with Crippen molar-refractivity contribution >= 4 is 52.1 Å². The van der Waals surface area contributed by atoms with Crippen LogP contribution in [0.2, 0.25) is 5.02 Å². The van der Waals surface area contributed by atoms with Crippen LogP contribution in [0.15, 0.2) is 57.6 Å². The van der Waals surface area contributed by atoms with Crippen LogP contribution >= 0.6 is 34.7 Å². The number of thioether (sulfide) groups is 1. The molecule has 0 spiro atoms. The fourth-order valence-corrected chi connectivity index (χ4v) is 5.71. The number of nitrogens with zero attached hydrogens (tertiary/aromatic N) is 1. The van der Waals surface area contributed by atoms with Crippen LogP contribution in [-0.2, 0) is 9.59 Å². The first-order valence-electron chi connectivity index (χ1n) is 9.87. The first-order valence-corrected chi connectivity index (χ1v) is 12.1. The fraction of sp³-hybridized carbons (Fsp3) is 0.261. The van der Waals surface area contributed by atoms with E-state index < -0.39 is 0 Å². The molecular weight excluding hydrogens is 450 g/mol. The molecule has 2 heterocycles. The van der Waals surface area contributed by atoms with Gasteiger partial charge in [0.15, 0.2) is 5.78 Å². The molecule has 1 aliphatic carbocycles. The lowest BCUT2D eigenvalue weighted by molar-refractivity contribution is -0.116. The number of dihydropyridines is 1. The van der Waals surface area contributed by atoms with Crippen molar-refractivity contribution in [1.29, 1.82) is 5.26 Å². The van der Waals surface area contributed by atoms with E-state index in [-0.39, 0.29) is 23.4 Å². The summed E-state index contributed by atoms with van der Waals surface area (Å²) in [5.74, 6) is -0.324. The molecule has 0 bridgehead atoms. The van der Waals surface area contributed by atoms with Crippen LogP contribution in [0.25, 0.3) is 0 Å². The zero-order valence-corrected chi connectivity index (χ0v) is 19.2. The molecule has 0 saturated carbocycles. The summed E-state index contributed by atoms with van der Waals surface area (Å²) in [5, 5.41) is 19.3. The summed E-state index contributed by atoms with van der Waals surface area (Å²) in [6.45, 7) is 1.90. The van der Waals surface area contributed by atoms with Crippen molar-refractivity contribution in [2.45, 2.75) is 32.1 Å². The maximum Gasteiger partial charge on any atom is 0.234 e. The Hall–Kier alpha value is -2.53. The van der Waals surface area contributed by atoms with Crippen LogP contribution in [-0.4, -0.2) is 17.4 Å². The highest BCUT2D eigenvalue weighted by Gasteiger charge is 2.37. The second-order valence-electron chi connectivity index (χ2n) is 7.39. The normalized spacial score (nSPS) is 18.4. The molecule has 2 N–H and O–H groups in total. The minimum atomic E-state index is -0.366. The third-order valence-electron chi connectivity index (χ3n) is 5.31. The predicted molar refractivity (Wildman–Crippen MR) is 126 cm³/mol. The summed E-state index contributed by atoms with van der Waals surface area (Å²) in [7, 11) is 0. The molecule has 0 unspecified atom stereocenters. The molecule has 5 nitrogen and oxygen atoms in total. The molecule has 31 heavy (non-hydrogen) atoms. The quantitative estimate of drug-likeness (QED) is 0.603. The number of nitriles is 1. The minimum Gasteiger partial charge on any atom is -0.352 e. The van der Waals surface area contributed by atoms with Crippen LogP contribution in [0.3, 0.4) is 0 Å². The molecule has 1 aliphatic heterocycles. The number of hydrogen-bond donors (Lipinski definition) is 2. The van der Waals surface area contributed by atoms with Crippen molar-refractivity contribution < 1.29 is 9.59 Å². The summed E-state index contributed by atoms with van der Waals surface area (Å²) < 4.78 is 0. The number of carbonyl (C=O) groups is 2. The van der Waals surface area contributed by atoms with E-state index >= 15 is 0 Å². The van der Waals surface area contributed by atoms with Gasteiger partial charge in [0, 0.05) is 33.3 Å². The molecule has 0 fully saturated rings. The van der Waals surface area contributed by atoms with Crippen molar-refractivity contribution in [2.24, 2.45) is 0 Å². The number of hydrogen-bond acceptors (Lipinski definition) is 6. The lowest BCUT2D eigenvalue weighted by Gasteiger charge is -2.32. The summed E-state index contributed by atoms with van der Waals surface area (Å²) in [6, 6.07) is 11.5. The Kier molecular flexibility index (Phi) is 6.51. The highest BCUT2D eigenvalue weighted by atomic mass is 35.5. The van der Waals surface area contributed by atoms with Crippen LogP contribution in [0.4, 0.5) is 5.69 Å². The number of benzene rings is 1. The number of nitrogens with one attached hydrogen (secondary N) is 2. The highest BCUT2D eigenvalue weighted by molar-refractivity contribution is 8.03. The van der Waals surface area contributed by atoms with E-state index in [0.29, 0.717) is 33.3 Å². The van der Waals surface area contributed by atoms with Gasteiger partial charge in [-0.3, -0.25) is 9.59 Å². The monoisotopic (exact) mass is 469 g/mol. The summed E-state index contributed by atoms with van der Waals surface area (Å²) >= 11 is 8.86. The standard InChI is InChI=1S/C23H20ClN3O2S2/c1-13-7-8-14(24)10-17(13)26-20(29)12-31-23-15(11-25)21(19-6-3-9-30-19)22-16(27-23)4-2-5-18(22)28/h3,6-10,21,27H,2,4-5,12H2,1H3,(H,26,29)/t21-/m0/s1. The number of rotatable bonds is 5. The molecule has 158 valence electrons. The third-order valence-corrected chi connectivity index (χ3v) is 7.50. The Morgan fingerprint density at radius 1 is 1.39 bits per heavy atom. The number of aryl methyl sites for hydroxylation is 1. The number of carbonyl (C=O) groups excluding carboxylic acids is 2. The van der Waals surface area contributed by atoms with Gasteiger partial charge in [0.1, 0.15) is 0 Å². The zero-order valence-electron chi connectivity index (χ0n) is 16.8. The van der Waals surface area contributed by atoms with Gasteiger partial charge >= 0.3 is 0 Å². The summed E-state index contributed by atoms with van der Waals surface area (Å²) in [6.07, 6.45) is 2.06. The largest absolute Gasteiger partial charge is 0.352 e. The van der Waals surface area contributed by atoms with Gasteiger partial charge in [-0.25, -0.2) is 0 Å². The van der Waals surface area contributed by atoms with E-state index in [1.165, 1.54) is 23.1 Å². The van der Waals surface area contributed by atoms with Crippen molar-refractivity contribution in [3.05, 3.63) is 73.0 Å². The first-order chi connectivity index (χ1) is 15.0. The highest BCUT2D eigenvalue weighted by Crippen LogP contribution is 2.45. The zero-order chi connectivity index (χ0) is 22.0. The molecular formula is C23H20ClN3O2S2. The average Bonchev–Trinajstić information content (AvgIpc) is 3.28. The second kappa shape index (κ2) is 9.31. The number of thiophene rings is 1. The molecule has 8 heteroatoms. The van der Waals surface area contributed by atoms with Gasteiger partial charge < -0.3 is 10.6 Å². The number of amides is 1. The van der Waals surface area contributed by atoms with E-state index in [1.54, 1.807) is 12.1 Å². The van der Waals surface area contributed by atoms with Crippen LogP contribution < -0.4 is 10.6 Å². The molecule has 1 aromatic carbocycles. The molecule has 1 atom stereocenters. The minimum absolute atomic E-state index is 0.0955. The maximum atomic E-state index is 12.7. The van der Waals surface area contributed by atoms with Crippen LogP contribution in [0.5, 0.6) is 0 Å². The molecule has 4 rings (SSSR count). The van der Waals surface area contributed by atoms with Crippen LogP contribution in [0, 0.1) is 18.3 Å². The van der Waals surface area contributed by atoms with Crippen molar-refractivity contribution in [3.63, 3.8) is 0 Å². The topological polar surface area (TPSA) is 82.0 Å². The molecule has 1 amide bonds. The van der Waals surface area contributed by atoms with Gasteiger partial charge in [0.25, 0.3) is 0 Å². The number of halogens is 1. The van der Waals surface area contributed by atoms with Gasteiger partial charge in [0.2, 0.25) is 5.91 Å². The Balaban J connectivity index is 1.58. The third kappa shape index (κ3) is 4.57. The molecule has 2 aromatic rings. The summed E-state index contributed by atoms with van der Waals surface area (Å²) in [5.41, 5.74) is 3.66. The van der Waals surface area contributed by atoms with Crippen LogP contribution in [0.1, 0.15) is 35.6 Å². The Bertz CT molecular complexity index is 1150. The Labute approximate surface area is 194 Å². The van der Waals surface area contributed by atoms with Gasteiger partial charge in [0.05, 0.1) is 28.3 Å². The molecule has 0 radical (unpaired) electrons. The van der Waals surface area contributed by atoms with Crippen molar-refractivity contribution in [2.75, 3.05) is 11.1 Å². The second-order valence-corrected chi connectivity index (χ2v) is 9.79. The number of allylic oxidation sites excluding steroid dienone is 3. The molecule has 2 aliphatic rings. The SMILES string of the molecule is Cc1ccc(Cl)cc1NC(=O)CSC1=C(C#N)[C@@H](c2cccs2)C2=C(CCCC2=O)N1. The first kappa shape index (κ1) is 21.7. The fourth-order valence-electron chi connectivity index (χ4n) is 3.83. The smallest absolute Gasteiger partial charge is 0.234 e. The summed E-state index contributed by atoms with van der Waals surface area (Å²) in [4.78, 5) is 26.3.